The summed E-state index contributed by atoms with van der Waals surface area (Å²) in [7, 11) is 0. The third-order valence-corrected chi connectivity index (χ3v) is 1.42. The first kappa shape index (κ1) is 10.8. The summed E-state index contributed by atoms with van der Waals surface area (Å²) < 4.78 is 7.14. The third-order valence-electron chi connectivity index (χ3n) is 1.42. The summed E-state index contributed by atoms with van der Waals surface area (Å²) >= 11 is 0. The van der Waals surface area contributed by atoms with Crippen LogP contribution >= 0.6 is 0 Å². The second-order valence-electron chi connectivity index (χ2n) is 4.29. The lowest BCUT2D eigenvalue weighted by atomic mass is 10.2. The van der Waals surface area contributed by atoms with E-state index in [0.29, 0.717) is 12.3 Å². The molecule has 0 aliphatic rings. The van der Waals surface area contributed by atoms with Crippen LogP contribution in [-0.2, 0) is 11.3 Å². The van der Waals surface area contributed by atoms with Crippen molar-refractivity contribution in [1.82, 2.24) is 9.78 Å². The van der Waals surface area contributed by atoms with Crippen molar-refractivity contribution in [2.75, 3.05) is 0 Å². The Balaban J connectivity index is 2.64. The first-order valence-electron chi connectivity index (χ1n) is 4.58. The molecule has 1 rings (SSSR count). The molecule has 4 nitrogen and oxygen atoms in total. The van der Waals surface area contributed by atoms with Crippen LogP contribution in [0.3, 0.4) is 0 Å². The average molecular weight is 196 g/mol. The number of hydrogen-bond donors (Lipinski definition) is 0. The zero-order valence-corrected chi connectivity index (χ0v) is 9.07. The minimum absolute atomic E-state index is 0.0791. The molecule has 0 aliphatic carbocycles. The number of ether oxygens (including phenoxy) is 1. The fraction of sp³-hybridized carbons (Fsp3) is 0.600. The lowest BCUT2D eigenvalue weighted by Gasteiger charge is -2.19. The van der Waals surface area contributed by atoms with E-state index in [2.05, 4.69) is 5.10 Å². The smallest absolute Gasteiger partial charge is 0.157 e. The molecule has 0 radical (unpaired) electrons. The van der Waals surface area contributed by atoms with Crippen molar-refractivity contribution in [3.05, 3.63) is 12.4 Å². The standard InChI is InChI=1S/C10H16N2O2/c1-8(13)6-12-7-9(5-11-12)14-10(2,3)4/h5,7H,6H2,1-4H3. The molecule has 1 heterocycles. The van der Waals surface area contributed by atoms with Crippen LogP contribution in [0, 0.1) is 0 Å². The molecule has 78 valence electrons. The zero-order valence-electron chi connectivity index (χ0n) is 9.07. The number of carbonyl (C=O) groups is 1. The lowest BCUT2D eigenvalue weighted by molar-refractivity contribution is -0.117. The van der Waals surface area contributed by atoms with Crippen LogP contribution in [0.1, 0.15) is 27.7 Å². The second-order valence-corrected chi connectivity index (χ2v) is 4.29. The van der Waals surface area contributed by atoms with E-state index < -0.39 is 0 Å². The first-order valence-corrected chi connectivity index (χ1v) is 4.58. The van der Waals surface area contributed by atoms with Crippen LogP contribution < -0.4 is 4.74 Å². The molecule has 1 aromatic rings. The molecule has 14 heavy (non-hydrogen) atoms. The maximum atomic E-state index is 10.8. The summed E-state index contributed by atoms with van der Waals surface area (Å²) in [4.78, 5) is 10.8. The van der Waals surface area contributed by atoms with Crippen LogP contribution in [-0.4, -0.2) is 21.2 Å². The molecule has 1 aromatic heterocycles. The Bertz CT molecular complexity index is 323. The molecule has 0 fully saturated rings. The Morgan fingerprint density at radius 1 is 1.57 bits per heavy atom. The molecule has 0 spiro atoms. The van der Waals surface area contributed by atoms with Gasteiger partial charge in [-0.3, -0.25) is 9.48 Å². The van der Waals surface area contributed by atoms with Crippen LogP contribution in [0.4, 0.5) is 0 Å². The van der Waals surface area contributed by atoms with E-state index in [-0.39, 0.29) is 11.4 Å². The van der Waals surface area contributed by atoms with Gasteiger partial charge in [0.15, 0.2) is 11.5 Å². The average Bonchev–Trinajstić information content (AvgIpc) is 2.30. The maximum Gasteiger partial charge on any atom is 0.157 e. The van der Waals surface area contributed by atoms with E-state index in [9.17, 15) is 4.79 Å². The van der Waals surface area contributed by atoms with E-state index in [1.807, 2.05) is 20.8 Å². The molecule has 0 unspecified atom stereocenters. The molecular formula is C10H16N2O2. The van der Waals surface area contributed by atoms with Crippen molar-refractivity contribution < 1.29 is 9.53 Å². The van der Waals surface area contributed by atoms with Crippen molar-refractivity contribution in [3.8, 4) is 5.75 Å². The van der Waals surface area contributed by atoms with Gasteiger partial charge >= 0.3 is 0 Å². The number of rotatable bonds is 3. The van der Waals surface area contributed by atoms with Gasteiger partial charge in [-0.15, -0.1) is 0 Å². The van der Waals surface area contributed by atoms with Crippen molar-refractivity contribution in [3.63, 3.8) is 0 Å². The highest BCUT2D eigenvalue weighted by Crippen LogP contribution is 2.16. The number of Topliss-reactive ketones (excluding diaryl/α,β-unsaturated/α-hetero) is 1. The predicted molar refractivity (Wildman–Crippen MR) is 53.3 cm³/mol. The molecule has 0 amide bonds. The number of nitrogens with zero attached hydrogens (tertiary/aromatic N) is 2. The zero-order chi connectivity index (χ0) is 10.8. The highest BCUT2D eigenvalue weighted by atomic mass is 16.5. The van der Waals surface area contributed by atoms with Crippen molar-refractivity contribution >= 4 is 5.78 Å². The summed E-state index contributed by atoms with van der Waals surface area (Å²) in [6, 6.07) is 0. The molecule has 0 atom stereocenters. The molecule has 4 heteroatoms. The number of aromatic nitrogens is 2. The fourth-order valence-corrected chi connectivity index (χ4v) is 1.07. The van der Waals surface area contributed by atoms with Crippen molar-refractivity contribution in [2.24, 2.45) is 0 Å². The van der Waals surface area contributed by atoms with Gasteiger partial charge in [0.25, 0.3) is 0 Å². The van der Waals surface area contributed by atoms with Gasteiger partial charge in [-0.25, -0.2) is 0 Å². The minimum Gasteiger partial charge on any atom is -0.485 e. The molecule has 0 bridgehead atoms. The van der Waals surface area contributed by atoms with E-state index in [1.54, 1.807) is 17.1 Å². The van der Waals surface area contributed by atoms with E-state index in [4.69, 9.17) is 4.74 Å². The van der Waals surface area contributed by atoms with E-state index in [1.165, 1.54) is 6.92 Å². The Kier molecular flexibility index (Phi) is 2.93. The quantitative estimate of drug-likeness (QED) is 0.738. The minimum atomic E-state index is -0.232. The van der Waals surface area contributed by atoms with E-state index >= 15 is 0 Å². The van der Waals surface area contributed by atoms with Gasteiger partial charge in [0.1, 0.15) is 5.60 Å². The van der Waals surface area contributed by atoms with Crippen molar-refractivity contribution in [2.45, 2.75) is 39.8 Å². The Hall–Kier alpha value is -1.32. The van der Waals surface area contributed by atoms with Crippen LogP contribution in [0.2, 0.25) is 0 Å². The highest BCUT2D eigenvalue weighted by Gasteiger charge is 2.13. The third kappa shape index (κ3) is 3.60. The first-order chi connectivity index (χ1) is 6.37. The van der Waals surface area contributed by atoms with Crippen LogP contribution in [0.15, 0.2) is 12.4 Å². The van der Waals surface area contributed by atoms with E-state index in [0.717, 1.165) is 0 Å². The van der Waals surface area contributed by atoms with Gasteiger partial charge < -0.3 is 4.74 Å². The topological polar surface area (TPSA) is 44.1 Å². The highest BCUT2D eigenvalue weighted by molar-refractivity contribution is 5.75. The fourth-order valence-electron chi connectivity index (χ4n) is 1.07. The molecular weight excluding hydrogens is 180 g/mol. The summed E-state index contributed by atoms with van der Waals surface area (Å²) in [6.45, 7) is 7.74. The van der Waals surface area contributed by atoms with Crippen LogP contribution in [0.25, 0.3) is 0 Å². The van der Waals surface area contributed by atoms with Gasteiger partial charge in [-0.1, -0.05) is 0 Å². The molecule has 0 N–H and O–H groups in total. The Labute approximate surface area is 83.9 Å². The number of hydrogen-bond acceptors (Lipinski definition) is 3. The van der Waals surface area contributed by atoms with Crippen molar-refractivity contribution in [1.29, 1.82) is 0 Å². The molecule has 0 aliphatic heterocycles. The molecule has 0 saturated heterocycles. The SMILES string of the molecule is CC(=O)Cn1cc(OC(C)(C)C)cn1. The predicted octanol–water partition coefficient (Wildman–Crippen LogP) is 1.65. The molecule has 0 saturated carbocycles. The van der Waals surface area contributed by atoms with Gasteiger partial charge in [-0.05, 0) is 27.7 Å². The Morgan fingerprint density at radius 3 is 2.71 bits per heavy atom. The normalized spacial score (nSPS) is 11.4. The summed E-state index contributed by atoms with van der Waals surface area (Å²) in [5.74, 6) is 0.772. The summed E-state index contributed by atoms with van der Waals surface area (Å²) in [5.41, 5.74) is -0.232. The van der Waals surface area contributed by atoms with Gasteiger partial charge in [0.05, 0.1) is 18.9 Å². The lowest BCUT2D eigenvalue weighted by Crippen LogP contribution is -2.22. The number of carbonyl (C=O) groups excluding carboxylic acids is 1. The van der Waals surface area contributed by atoms with Gasteiger partial charge in [0, 0.05) is 0 Å². The largest absolute Gasteiger partial charge is 0.485 e. The van der Waals surface area contributed by atoms with Gasteiger partial charge in [0.2, 0.25) is 0 Å². The Morgan fingerprint density at radius 2 is 2.21 bits per heavy atom. The molecule has 0 aromatic carbocycles. The van der Waals surface area contributed by atoms with Gasteiger partial charge in [-0.2, -0.15) is 5.10 Å². The summed E-state index contributed by atoms with van der Waals surface area (Å²) in [6.07, 6.45) is 3.35. The monoisotopic (exact) mass is 196 g/mol. The van der Waals surface area contributed by atoms with Crippen LogP contribution in [0.5, 0.6) is 5.75 Å². The summed E-state index contributed by atoms with van der Waals surface area (Å²) in [5, 5.41) is 4.01. The maximum absolute atomic E-state index is 10.8. The second kappa shape index (κ2) is 3.82. The number of ketones is 1.